The Morgan fingerprint density at radius 2 is 1.90 bits per heavy atom. The third-order valence-corrected chi connectivity index (χ3v) is 4.86. The summed E-state index contributed by atoms with van der Waals surface area (Å²) in [5.41, 5.74) is 6.68. The first-order chi connectivity index (χ1) is 10.1. The Balaban J connectivity index is 1.86. The van der Waals surface area contributed by atoms with E-state index in [4.69, 9.17) is 18.0 Å². The topological polar surface area (TPSA) is 63.4 Å². The van der Waals surface area contributed by atoms with Crippen molar-refractivity contribution >= 4 is 29.0 Å². The van der Waals surface area contributed by atoms with Crippen LogP contribution in [0.5, 0.6) is 0 Å². The second kappa shape index (κ2) is 5.56. The van der Waals surface area contributed by atoms with Gasteiger partial charge in [0.2, 0.25) is 11.8 Å². The van der Waals surface area contributed by atoms with E-state index in [9.17, 15) is 9.59 Å². The van der Waals surface area contributed by atoms with Crippen molar-refractivity contribution in [2.75, 3.05) is 0 Å². The van der Waals surface area contributed by atoms with Gasteiger partial charge in [-0.25, -0.2) is 0 Å². The van der Waals surface area contributed by atoms with Crippen LogP contribution in [0.2, 0.25) is 0 Å². The summed E-state index contributed by atoms with van der Waals surface area (Å²) in [5.74, 6) is -0.574. The first-order valence-corrected chi connectivity index (χ1v) is 7.70. The number of carbonyl (C=O) groups is 2. The van der Waals surface area contributed by atoms with Crippen molar-refractivity contribution in [3.05, 3.63) is 35.9 Å². The SMILES string of the molecule is NC(=S)C1CCCC1N1C(=O)CC(c2ccccc2)C1=O. The lowest BCUT2D eigenvalue weighted by molar-refractivity contribution is -0.141. The molecule has 1 aliphatic heterocycles. The minimum Gasteiger partial charge on any atom is -0.393 e. The van der Waals surface area contributed by atoms with Crippen LogP contribution in [0.25, 0.3) is 0 Å². The van der Waals surface area contributed by atoms with Crippen LogP contribution in [-0.2, 0) is 9.59 Å². The summed E-state index contributed by atoms with van der Waals surface area (Å²) in [6.45, 7) is 0. The molecule has 2 fully saturated rings. The number of carbonyl (C=O) groups excluding carboxylic acids is 2. The maximum Gasteiger partial charge on any atom is 0.237 e. The van der Waals surface area contributed by atoms with Crippen molar-refractivity contribution in [2.24, 2.45) is 11.7 Å². The van der Waals surface area contributed by atoms with Crippen LogP contribution in [-0.4, -0.2) is 27.7 Å². The fraction of sp³-hybridized carbons (Fsp3) is 0.438. The molecule has 21 heavy (non-hydrogen) atoms. The summed E-state index contributed by atoms with van der Waals surface area (Å²) in [4.78, 5) is 26.9. The van der Waals surface area contributed by atoms with E-state index in [2.05, 4.69) is 0 Å². The van der Waals surface area contributed by atoms with Crippen molar-refractivity contribution in [1.82, 2.24) is 4.90 Å². The molecular formula is C16H18N2O2S. The molecule has 3 unspecified atom stereocenters. The maximum absolute atomic E-state index is 12.7. The van der Waals surface area contributed by atoms with E-state index in [1.165, 1.54) is 4.90 Å². The smallest absolute Gasteiger partial charge is 0.237 e. The lowest BCUT2D eigenvalue weighted by atomic mass is 9.97. The van der Waals surface area contributed by atoms with Crippen LogP contribution in [0.4, 0.5) is 0 Å². The zero-order chi connectivity index (χ0) is 15.0. The molecule has 2 amide bonds. The van der Waals surface area contributed by atoms with Gasteiger partial charge in [-0.15, -0.1) is 0 Å². The second-order valence-corrected chi connectivity index (χ2v) is 6.25. The van der Waals surface area contributed by atoms with E-state index in [-0.39, 0.29) is 36.1 Å². The Bertz CT molecular complexity index is 587. The number of nitrogens with zero attached hydrogens (tertiary/aromatic N) is 1. The van der Waals surface area contributed by atoms with Gasteiger partial charge in [0.15, 0.2) is 0 Å². The van der Waals surface area contributed by atoms with Crippen LogP contribution in [0.1, 0.15) is 37.2 Å². The molecule has 2 aliphatic rings. The largest absolute Gasteiger partial charge is 0.393 e. The van der Waals surface area contributed by atoms with Crippen molar-refractivity contribution in [3.8, 4) is 0 Å². The summed E-state index contributed by atoms with van der Waals surface area (Å²) in [6.07, 6.45) is 2.89. The molecule has 2 N–H and O–H groups in total. The number of benzene rings is 1. The first kappa shape index (κ1) is 14.2. The summed E-state index contributed by atoms with van der Waals surface area (Å²) in [7, 11) is 0. The maximum atomic E-state index is 12.7. The van der Waals surface area contributed by atoms with Gasteiger partial charge < -0.3 is 5.73 Å². The predicted octanol–water partition coefficient (Wildman–Crippen LogP) is 1.98. The monoisotopic (exact) mass is 302 g/mol. The van der Waals surface area contributed by atoms with Crippen LogP contribution in [0.15, 0.2) is 30.3 Å². The van der Waals surface area contributed by atoms with E-state index in [1.54, 1.807) is 0 Å². The van der Waals surface area contributed by atoms with E-state index in [1.807, 2.05) is 30.3 Å². The highest BCUT2D eigenvalue weighted by molar-refractivity contribution is 7.80. The zero-order valence-corrected chi connectivity index (χ0v) is 12.5. The predicted molar refractivity (Wildman–Crippen MR) is 83.6 cm³/mol. The standard InChI is InChI=1S/C16H18N2O2S/c17-15(21)11-7-4-8-13(11)18-14(19)9-12(16(18)20)10-5-2-1-3-6-10/h1-3,5-6,11-13H,4,7-9H2,(H2,17,21). The molecule has 0 radical (unpaired) electrons. The summed E-state index contributed by atoms with van der Waals surface area (Å²) in [6, 6.07) is 9.35. The molecule has 110 valence electrons. The average molecular weight is 302 g/mol. The highest BCUT2D eigenvalue weighted by atomic mass is 32.1. The van der Waals surface area contributed by atoms with Crippen LogP contribution < -0.4 is 5.73 Å². The van der Waals surface area contributed by atoms with Crippen LogP contribution in [0, 0.1) is 5.92 Å². The van der Waals surface area contributed by atoms with Crippen molar-refractivity contribution < 1.29 is 9.59 Å². The van der Waals surface area contributed by atoms with Gasteiger partial charge in [-0.2, -0.15) is 0 Å². The Hall–Kier alpha value is -1.75. The quantitative estimate of drug-likeness (QED) is 0.685. The zero-order valence-electron chi connectivity index (χ0n) is 11.7. The van der Waals surface area contributed by atoms with Crippen LogP contribution >= 0.6 is 12.2 Å². The molecule has 1 aromatic carbocycles. The highest BCUT2D eigenvalue weighted by Gasteiger charge is 2.47. The molecule has 0 bridgehead atoms. The molecule has 5 heteroatoms. The third-order valence-electron chi connectivity index (χ3n) is 4.56. The Morgan fingerprint density at radius 3 is 2.57 bits per heavy atom. The van der Waals surface area contributed by atoms with Gasteiger partial charge in [0, 0.05) is 18.4 Å². The molecule has 0 spiro atoms. The molecule has 1 heterocycles. The number of rotatable bonds is 3. The van der Waals surface area contributed by atoms with E-state index in [0.29, 0.717) is 4.99 Å². The molecular weight excluding hydrogens is 284 g/mol. The van der Waals surface area contributed by atoms with Gasteiger partial charge in [0.05, 0.1) is 10.9 Å². The lowest BCUT2D eigenvalue weighted by Crippen LogP contribution is -2.45. The minimum atomic E-state index is -0.355. The molecule has 0 aromatic heterocycles. The molecule has 1 saturated carbocycles. The van der Waals surface area contributed by atoms with Gasteiger partial charge >= 0.3 is 0 Å². The fourth-order valence-electron chi connectivity index (χ4n) is 3.53. The van der Waals surface area contributed by atoms with Gasteiger partial charge in [0.1, 0.15) is 0 Å². The van der Waals surface area contributed by atoms with E-state index >= 15 is 0 Å². The van der Waals surface area contributed by atoms with E-state index < -0.39 is 0 Å². The molecule has 1 saturated heterocycles. The summed E-state index contributed by atoms with van der Waals surface area (Å²) in [5, 5.41) is 0. The van der Waals surface area contributed by atoms with Crippen molar-refractivity contribution in [1.29, 1.82) is 0 Å². The third kappa shape index (κ3) is 2.46. The van der Waals surface area contributed by atoms with Gasteiger partial charge in [0.25, 0.3) is 0 Å². The summed E-state index contributed by atoms with van der Waals surface area (Å²) >= 11 is 5.10. The average Bonchev–Trinajstić information content (AvgIpc) is 3.04. The number of nitrogens with two attached hydrogens (primary N) is 1. The van der Waals surface area contributed by atoms with Crippen LogP contribution in [0.3, 0.4) is 0 Å². The Kier molecular flexibility index (Phi) is 3.76. The second-order valence-electron chi connectivity index (χ2n) is 5.78. The number of likely N-dealkylation sites (tertiary alicyclic amines) is 1. The summed E-state index contributed by atoms with van der Waals surface area (Å²) < 4.78 is 0. The normalized spacial score (nSPS) is 29.1. The number of amides is 2. The molecule has 3 atom stereocenters. The Morgan fingerprint density at radius 1 is 1.19 bits per heavy atom. The van der Waals surface area contributed by atoms with Gasteiger partial charge in [-0.05, 0) is 18.4 Å². The number of hydrogen-bond donors (Lipinski definition) is 1. The highest BCUT2D eigenvalue weighted by Crippen LogP contribution is 2.37. The van der Waals surface area contributed by atoms with Gasteiger partial charge in [-0.3, -0.25) is 14.5 Å². The molecule has 3 rings (SSSR count). The first-order valence-electron chi connectivity index (χ1n) is 7.29. The van der Waals surface area contributed by atoms with E-state index in [0.717, 1.165) is 24.8 Å². The molecule has 1 aromatic rings. The van der Waals surface area contributed by atoms with Gasteiger partial charge in [-0.1, -0.05) is 49.0 Å². The number of hydrogen-bond acceptors (Lipinski definition) is 3. The lowest BCUT2D eigenvalue weighted by Gasteiger charge is -2.27. The minimum absolute atomic E-state index is 0.0255. The Labute approximate surface area is 129 Å². The fourth-order valence-corrected chi connectivity index (χ4v) is 3.80. The van der Waals surface area contributed by atoms with Crippen molar-refractivity contribution in [2.45, 2.75) is 37.6 Å². The molecule has 1 aliphatic carbocycles. The number of imide groups is 1. The van der Waals surface area contributed by atoms with Crippen molar-refractivity contribution in [3.63, 3.8) is 0 Å². The number of thiocarbonyl (C=S) groups is 1. The molecule has 4 nitrogen and oxygen atoms in total.